The summed E-state index contributed by atoms with van der Waals surface area (Å²) in [6.07, 6.45) is 7.29. The second-order valence-corrected chi connectivity index (χ2v) is 7.25. The van der Waals surface area contributed by atoms with Crippen LogP contribution >= 0.6 is 0 Å². The highest BCUT2D eigenvalue weighted by atomic mass is 16.5. The molecule has 0 amide bonds. The van der Waals surface area contributed by atoms with Crippen LogP contribution in [0, 0.1) is 11.3 Å². The Morgan fingerprint density at radius 2 is 2.10 bits per heavy atom. The smallest absolute Gasteiger partial charge is 0.0661 e. The van der Waals surface area contributed by atoms with Crippen molar-refractivity contribution in [3.63, 3.8) is 0 Å². The van der Waals surface area contributed by atoms with Crippen molar-refractivity contribution in [2.75, 3.05) is 26.2 Å². The second kappa shape index (κ2) is 5.94. The van der Waals surface area contributed by atoms with Crippen LogP contribution in [0.15, 0.2) is 0 Å². The summed E-state index contributed by atoms with van der Waals surface area (Å²) in [5, 5.41) is 4.02. The largest absolute Gasteiger partial charge is 0.378 e. The standard InChI is InChI=1S/C17H32N2O/c1-4-19-10-7-14(13(3)12-19)18-15-11-16(20-5-2)17(15)8-6-9-17/h13-16,18H,4-12H2,1-3H3/t13-,14-,15+,16-/m1/s1. The average Bonchev–Trinajstić information content (AvgIpc) is 2.37. The molecule has 3 rings (SSSR count). The van der Waals surface area contributed by atoms with Crippen molar-refractivity contribution in [1.82, 2.24) is 10.2 Å². The summed E-state index contributed by atoms with van der Waals surface area (Å²) >= 11 is 0. The van der Waals surface area contributed by atoms with Crippen LogP contribution in [-0.2, 0) is 4.74 Å². The topological polar surface area (TPSA) is 24.5 Å². The SMILES string of the molecule is CCO[C@@H]1C[C@H](N[C@@H]2CCN(CC)C[C@H]2C)C12CCC2. The molecule has 1 saturated heterocycles. The lowest BCUT2D eigenvalue weighted by Crippen LogP contribution is -2.69. The molecule has 0 aromatic rings. The fourth-order valence-electron chi connectivity index (χ4n) is 4.70. The normalized spacial score (nSPS) is 40.4. The van der Waals surface area contributed by atoms with Gasteiger partial charge in [-0.25, -0.2) is 0 Å². The summed E-state index contributed by atoms with van der Waals surface area (Å²) in [4.78, 5) is 2.59. The third kappa shape index (κ3) is 2.42. The van der Waals surface area contributed by atoms with Crippen LogP contribution in [0.2, 0.25) is 0 Å². The minimum Gasteiger partial charge on any atom is -0.378 e. The molecule has 3 aliphatic rings. The Balaban J connectivity index is 1.54. The van der Waals surface area contributed by atoms with Crippen molar-refractivity contribution in [3.8, 4) is 0 Å². The molecule has 20 heavy (non-hydrogen) atoms. The van der Waals surface area contributed by atoms with Gasteiger partial charge in [0.15, 0.2) is 0 Å². The van der Waals surface area contributed by atoms with E-state index in [1.165, 1.54) is 51.7 Å². The fraction of sp³-hybridized carbons (Fsp3) is 1.00. The van der Waals surface area contributed by atoms with Gasteiger partial charge >= 0.3 is 0 Å². The van der Waals surface area contributed by atoms with Crippen molar-refractivity contribution >= 4 is 0 Å². The van der Waals surface area contributed by atoms with Crippen molar-refractivity contribution < 1.29 is 4.74 Å². The number of nitrogens with zero attached hydrogens (tertiary/aromatic N) is 1. The van der Waals surface area contributed by atoms with E-state index in [1.54, 1.807) is 0 Å². The zero-order chi connectivity index (χ0) is 14.2. The first kappa shape index (κ1) is 14.8. The minimum absolute atomic E-state index is 0.512. The third-order valence-corrected chi connectivity index (χ3v) is 6.29. The Bertz CT molecular complexity index is 329. The van der Waals surface area contributed by atoms with E-state index in [9.17, 15) is 0 Å². The molecule has 2 aliphatic carbocycles. The Labute approximate surface area is 124 Å². The molecule has 1 N–H and O–H groups in total. The number of nitrogens with one attached hydrogen (secondary N) is 1. The van der Waals surface area contributed by atoms with Crippen LogP contribution in [0.1, 0.15) is 52.9 Å². The first-order valence-electron chi connectivity index (χ1n) is 8.79. The molecule has 0 bridgehead atoms. The number of hydrogen-bond acceptors (Lipinski definition) is 3. The Morgan fingerprint density at radius 1 is 1.30 bits per heavy atom. The predicted molar refractivity (Wildman–Crippen MR) is 82.9 cm³/mol. The van der Waals surface area contributed by atoms with Crippen molar-refractivity contribution in [2.24, 2.45) is 11.3 Å². The van der Waals surface area contributed by atoms with E-state index in [4.69, 9.17) is 4.74 Å². The van der Waals surface area contributed by atoms with Crippen LogP contribution in [0.3, 0.4) is 0 Å². The van der Waals surface area contributed by atoms with E-state index in [1.807, 2.05) is 0 Å². The number of piperidine rings is 1. The molecule has 1 aliphatic heterocycles. The molecule has 116 valence electrons. The fourth-order valence-corrected chi connectivity index (χ4v) is 4.70. The van der Waals surface area contributed by atoms with Crippen LogP contribution < -0.4 is 5.32 Å². The maximum Gasteiger partial charge on any atom is 0.0661 e. The lowest BCUT2D eigenvalue weighted by molar-refractivity contribution is -0.176. The van der Waals surface area contributed by atoms with Gasteiger partial charge < -0.3 is 15.0 Å². The molecule has 3 fully saturated rings. The zero-order valence-electron chi connectivity index (χ0n) is 13.5. The van der Waals surface area contributed by atoms with Gasteiger partial charge in [0.25, 0.3) is 0 Å². The van der Waals surface area contributed by atoms with Gasteiger partial charge in [-0.2, -0.15) is 0 Å². The van der Waals surface area contributed by atoms with E-state index in [0.717, 1.165) is 24.6 Å². The van der Waals surface area contributed by atoms with Gasteiger partial charge in [-0.05, 0) is 51.6 Å². The highest BCUT2D eigenvalue weighted by Crippen LogP contribution is 2.57. The summed E-state index contributed by atoms with van der Waals surface area (Å²) in [6, 6.07) is 1.45. The lowest BCUT2D eigenvalue weighted by Gasteiger charge is -2.62. The molecule has 1 heterocycles. The van der Waals surface area contributed by atoms with Gasteiger partial charge in [0.05, 0.1) is 6.10 Å². The van der Waals surface area contributed by atoms with E-state index in [0.29, 0.717) is 11.5 Å². The molecule has 0 unspecified atom stereocenters. The first-order chi connectivity index (χ1) is 9.69. The number of hydrogen-bond donors (Lipinski definition) is 1. The highest BCUT2D eigenvalue weighted by molar-refractivity contribution is 5.13. The monoisotopic (exact) mass is 280 g/mol. The third-order valence-electron chi connectivity index (χ3n) is 6.29. The molecule has 4 atom stereocenters. The molecule has 0 aromatic heterocycles. The number of likely N-dealkylation sites (tertiary alicyclic amines) is 1. The van der Waals surface area contributed by atoms with Crippen molar-refractivity contribution in [3.05, 3.63) is 0 Å². The van der Waals surface area contributed by atoms with Gasteiger partial charge in [0.1, 0.15) is 0 Å². The lowest BCUT2D eigenvalue weighted by atomic mass is 9.50. The maximum absolute atomic E-state index is 5.97. The van der Waals surface area contributed by atoms with Gasteiger partial charge in [-0.1, -0.05) is 20.3 Å². The molecule has 3 heteroatoms. The summed E-state index contributed by atoms with van der Waals surface area (Å²) < 4.78 is 5.97. The Hall–Kier alpha value is -0.120. The number of ether oxygens (including phenoxy) is 1. The van der Waals surface area contributed by atoms with Gasteiger partial charge in [-0.3, -0.25) is 0 Å². The molecule has 2 saturated carbocycles. The van der Waals surface area contributed by atoms with Gasteiger partial charge in [0.2, 0.25) is 0 Å². The molecular weight excluding hydrogens is 248 g/mol. The first-order valence-corrected chi connectivity index (χ1v) is 8.79. The van der Waals surface area contributed by atoms with Gasteiger partial charge in [0, 0.05) is 30.7 Å². The van der Waals surface area contributed by atoms with Gasteiger partial charge in [-0.15, -0.1) is 0 Å². The summed E-state index contributed by atoms with van der Waals surface area (Å²) in [5.41, 5.74) is 0.512. The van der Waals surface area contributed by atoms with Crippen LogP contribution in [-0.4, -0.2) is 49.3 Å². The Morgan fingerprint density at radius 3 is 2.65 bits per heavy atom. The van der Waals surface area contributed by atoms with Crippen molar-refractivity contribution in [1.29, 1.82) is 0 Å². The molecule has 0 radical (unpaired) electrons. The average molecular weight is 280 g/mol. The molecule has 3 nitrogen and oxygen atoms in total. The summed E-state index contributed by atoms with van der Waals surface area (Å²) in [7, 11) is 0. The summed E-state index contributed by atoms with van der Waals surface area (Å²) in [6.45, 7) is 11.5. The number of rotatable bonds is 5. The molecular formula is C17H32N2O. The zero-order valence-corrected chi connectivity index (χ0v) is 13.5. The minimum atomic E-state index is 0.512. The van der Waals surface area contributed by atoms with Crippen LogP contribution in [0.5, 0.6) is 0 Å². The second-order valence-electron chi connectivity index (χ2n) is 7.25. The maximum atomic E-state index is 5.97. The van der Waals surface area contributed by atoms with E-state index < -0.39 is 0 Å². The highest BCUT2D eigenvalue weighted by Gasteiger charge is 2.59. The van der Waals surface area contributed by atoms with Crippen molar-refractivity contribution in [2.45, 2.75) is 71.1 Å². The molecule has 0 aromatic carbocycles. The quantitative estimate of drug-likeness (QED) is 0.838. The Kier molecular flexibility index (Phi) is 4.40. The summed E-state index contributed by atoms with van der Waals surface area (Å²) in [5.74, 6) is 0.784. The predicted octanol–water partition coefficient (Wildman–Crippen LogP) is 2.65. The van der Waals surface area contributed by atoms with Crippen LogP contribution in [0.25, 0.3) is 0 Å². The van der Waals surface area contributed by atoms with E-state index >= 15 is 0 Å². The molecule has 1 spiro atoms. The van der Waals surface area contributed by atoms with E-state index in [2.05, 4.69) is 31.0 Å². The van der Waals surface area contributed by atoms with E-state index in [-0.39, 0.29) is 0 Å². The van der Waals surface area contributed by atoms with Crippen LogP contribution in [0.4, 0.5) is 0 Å².